The molecule has 2 N–H and O–H groups in total. The number of carbonyl (C=O) groups excluding carboxylic acids is 4. The molecule has 0 aliphatic carbocycles. The lowest BCUT2D eigenvalue weighted by atomic mass is 10.1. The molecule has 166 valence electrons. The maximum absolute atomic E-state index is 13.6. The van der Waals surface area contributed by atoms with E-state index in [1.165, 1.54) is 40.3 Å². The van der Waals surface area contributed by atoms with Crippen molar-refractivity contribution in [2.24, 2.45) is 0 Å². The molecule has 0 spiro atoms. The second kappa shape index (κ2) is 7.77. The van der Waals surface area contributed by atoms with Crippen molar-refractivity contribution in [2.45, 2.75) is 37.0 Å². The monoisotopic (exact) mass is 440 g/mol. The number of furan rings is 1. The minimum Gasteiger partial charge on any atom is -0.459 e. The highest BCUT2D eigenvalue weighted by Crippen LogP contribution is 2.30. The van der Waals surface area contributed by atoms with Gasteiger partial charge >= 0.3 is 0 Å². The predicted molar refractivity (Wildman–Crippen MR) is 108 cm³/mol. The summed E-state index contributed by atoms with van der Waals surface area (Å²) < 4.78 is 18.7. The maximum atomic E-state index is 13.6. The lowest BCUT2D eigenvalue weighted by molar-refractivity contribution is -0.138. The van der Waals surface area contributed by atoms with Crippen LogP contribution in [0.15, 0.2) is 47.1 Å². The van der Waals surface area contributed by atoms with Crippen LogP contribution in [0.2, 0.25) is 0 Å². The van der Waals surface area contributed by atoms with Crippen molar-refractivity contribution in [3.05, 3.63) is 59.8 Å². The molecule has 3 aliphatic heterocycles. The molecule has 0 saturated carbocycles. The van der Waals surface area contributed by atoms with Crippen LogP contribution in [0.5, 0.6) is 0 Å². The van der Waals surface area contributed by atoms with Gasteiger partial charge in [-0.05, 0) is 43.2 Å². The van der Waals surface area contributed by atoms with Crippen LogP contribution >= 0.6 is 0 Å². The quantitative estimate of drug-likeness (QED) is 0.723. The molecule has 4 heterocycles. The standard InChI is InChI=1S/C22H21FN4O5/c23-13-4-1-3-12(9-13)21(30)26-7-6-15-18(26)22(31)27-11-14(10-16(27)19(28)25-15)24-20(29)17-5-2-8-32-17/h1-5,8-9,14-16,18H,6-7,10-11H2,(H,24,29)(H,25,28)/t14-,15-,16+,18-/m0/s1. The molecular weight excluding hydrogens is 419 g/mol. The van der Waals surface area contributed by atoms with E-state index in [4.69, 9.17) is 4.42 Å². The van der Waals surface area contributed by atoms with Gasteiger partial charge in [0.2, 0.25) is 11.8 Å². The Balaban J connectivity index is 1.36. The molecule has 1 aromatic heterocycles. The zero-order valence-electron chi connectivity index (χ0n) is 17.0. The largest absolute Gasteiger partial charge is 0.459 e. The van der Waals surface area contributed by atoms with Crippen LogP contribution in [0.1, 0.15) is 33.8 Å². The van der Waals surface area contributed by atoms with E-state index in [1.807, 2.05) is 0 Å². The Morgan fingerprint density at radius 1 is 1.19 bits per heavy atom. The van der Waals surface area contributed by atoms with Crippen molar-refractivity contribution in [1.82, 2.24) is 20.4 Å². The van der Waals surface area contributed by atoms with Crippen molar-refractivity contribution in [3.8, 4) is 0 Å². The van der Waals surface area contributed by atoms with Gasteiger partial charge in [-0.25, -0.2) is 4.39 Å². The SMILES string of the molecule is O=C(N[C@H]1C[C@@H]2C(=O)N[C@H]3CCN(C(=O)c4cccc(F)c4)[C@@H]3C(=O)N2C1)c1ccco1. The Morgan fingerprint density at radius 2 is 2.03 bits per heavy atom. The smallest absolute Gasteiger partial charge is 0.287 e. The van der Waals surface area contributed by atoms with E-state index in [0.717, 1.165) is 6.07 Å². The number of nitrogens with zero attached hydrogens (tertiary/aromatic N) is 2. The number of carbonyl (C=O) groups is 4. The summed E-state index contributed by atoms with van der Waals surface area (Å²) in [5.41, 5.74) is 0.149. The van der Waals surface area contributed by atoms with Crippen molar-refractivity contribution >= 4 is 23.6 Å². The second-order valence-electron chi connectivity index (χ2n) is 8.25. The van der Waals surface area contributed by atoms with E-state index >= 15 is 0 Å². The fourth-order valence-electron chi connectivity index (χ4n) is 4.81. The summed E-state index contributed by atoms with van der Waals surface area (Å²) in [5.74, 6) is -1.93. The molecule has 4 atom stereocenters. The third-order valence-electron chi connectivity index (χ3n) is 6.28. The number of rotatable bonds is 3. The van der Waals surface area contributed by atoms with Gasteiger partial charge in [0, 0.05) is 24.7 Å². The molecule has 3 saturated heterocycles. The highest BCUT2D eigenvalue weighted by molar-refractivity contribution is 6.01. The number of nitrogens with one attached hydrogen (secondary N) is 2. The number of amides is 4. The van der Waals surface area contributed by atoms with Gasteiger partial charge in [-0.3, -0.25) is 19.2 Å². The Bertz CT molecular complexity index is 1090. The minimum atomic E-state index is -0.876. The molecule has 3 aliphatic rings. The van der Waals surface area contributed by atoms with Crippen molar-refractivity contribution < 1.29 is 28.0 Å². The highest BCUT2D eigenvalue weighted by Gasteiger charge is 2.52. The van der Waals surface area contributed by atoms with Crippen molar-refractivity contribution in [2.75, 3.05) is 13.1 Å². The number of halogens is 1. The third kappa shape index (κ3) is 3.41. The predicted octanol–water partition coefficient (Wildman–Crippen LogP) is 0.531. The Labute approximate surface area is 182 Å². The van der Waals surface area contributed by atoms with E-state index in [-0.39, 0.29) is 42.6 Å². The fraction of sp³-hybridized carbons (Fsp3) is 0.364. The molecule has 3 fully saturated rings. The fourth-order valence-corrected chi connectivity index (χ4v) is 4.81. The summed E-state index contributed by atoms with van der Waals surface area (Å²) in [6.07, 6.45) is 2.09. The summed E-state index contributed by atoms with van der Waals surface area (Å²) in [6, 6.07) is 5.89. The number of hydrogen-bond acceptors (Lipinski definition) is 5. The van der Waals surface area contributed by atoms with Crippen molar-refractivity contribution in [3.63, 3.8) is 0 Å². The van der Waals surface area contributed by atoms with Gasteiger partial charge in [0.25, 0.3) is 11.8 Å². The Morgan fingerprint density at radius 3 is 2.78 bits per heavy atom. The molecule has 0 radical (unpaired) electrons. The molecular formula is C22H21FN4O5. The van der Waals surface area contributed by atoms with Crippen LogP contribution in [0.25, 0.3) is 0 Å². The Hall–Kier alpha value is -3.69. The van der Waals surface area contributed by atoms with Crippen LogP contribution in [-0.2, 0) is 9.59 Å². The molecule has 0 unspecified atom stereocenters. The Kier molecular flexibility index (Phi) is 4.91. The van der Waals surface area contributed by atoms with Gasteiger partial charge in [0.1, 0.15) is 17.9 Å². The normalized spacial score (nSPS) is 26.9. The summed E-state index contributed by atoms with van der Waals surface area (Å²) in [7, 11) is 0. The van der Waals surface area contributed by atoms with Crippen LogP contribution in [0.4, 0.5) is 4.39 Å². The van der Waals surface area contributed by atoms with E-state index in [0.29, 0.717) is 6.42 Å². The van der Waals surface area contributed by atoms with E-state index in [2.05, 4.69) is 10.6 Å². The molecule has 32 heavy (non-hydrogen) atoms. The number of benzene rings is 1. The summed E-state index contributed by atoms with van der Waals surface area (Å²) in [4.78, 5) is 54.5. The van der Waals surface area contributed by atoms with Gasteiger partial charge in [-0.2, -0.15) is 0 Å². The van der Waals surface area contributed by atoms with Gasteiger partial charge in [0.15, 0.2) is 5.76 Å². The first kappa shape index (κ1) is 20.2. The number of hydrogen-bond donors (Lipinski definition) is 2. The first-order valence-corrected chi connectivity index (χ1v) is 10.4. The first-order chi connectivity index (χ1) is 15.4. The number of likely N-dealkylation sites (tertiary alicyclic amines) is 1. The maximum Gasteiger partial charge on any atom is 0.287 e. The molecule has 9 nitrogen and oxygen atoms in total. The lowest BCUT2D eigenvalue weighted by Gasteiger charge is -2.29. The van der Waals surface area contributed by atoms with Crippen LogP contribution < -0.4 is 10.6 Å². The summed E-state index contributed by atoms with van der Waals surface area (Å²) in [6.45, 7) is 0.419. The summed E-state index contributed by atoms with van der Waals surface area (Å²) in [5, 5.41) is 5.69. The average molecular weight is 440 g/mol. The van der Waals surface area contributed by atoms with Gasteiger partial charge in [-0.1, -0.05) is 6.07 Å². The lowest BCUT2D eigenvalue weighted by Crippen LogP contribution is -2.52. The van der Waals surface area contributed by atoms with Gasteiger partial charge in [0.05, 0.1) is 12.3 Å². The first-order valence-electron chi connectivity index (χ1n) is 10.4. The third-order valence-corrected chi connectivity index (χ3v) is 6.28. The molecule has 4 amide bonds. The molecule has 5 rings (SSSR count). The molecule has 10 heteroatoms. The topological polar surface area (TPSA) is 112 Å². The van der Waals surface area contributed by atoms with E-state index in [1.54, 1.807) is 6.07 Å². The minimum absolute atomic E-state index is 0.144. The molecule has 0 bridgehead atoms. The zero-order chi connectivity index (χ0) is 22.4. The van der Waals surface area contributed by atoms with Gasteiger partial charge in [-0.15, -0.1) is 0 Å². The average Bonchev–Trinajstić information content (AvgIpc) is 3.51. The van der Waals surface area contributed by atoms with Crippen LogP contribution in [0, 0.1) is 5.82 Å². The second-order valence-corrected chi connectivity index (χ2v) is 8.25. The van der Waals surface area contributed by atoms with Crippen LogP contribution in [0.3, 0.4) is 0 Å². The molecule has 1 aromatic carbocycles. The van der Waals surface area contributed by atoms with Gasteiger partial charge < -0.3 is 24.9 Å². The number of fused-ring (bicyclic) bond motifs is 2. The zero-order valence-corrected chi connectivity index (χ0v) is 17.0. The van der Waals surface area contributed by atoms with E-state index in [9.17, 15) is 23.6 Å². The summed E-state index contributed by atoms with van der Waals surface area (Å²) >= 11 is 0. The van der Waals surface area contributed by atoms with Crippen LogP contribution in [-0.4, -0.2) is 70.7 Å². The van der Waals surface area contributed by atoms with E-state index < -0.39 is 41.8 Å². The molecule has 2 aromatic rings. The van der Waals surface area contributed by atoms with Crippen molar-refractivity contribution in [1.29, 1.82) is 0 Å². The highest BCUT2D eigenvalue weighted by atomic mass is 19.1.